The molecule has 0 spiro atoms. The molecule has 1 amide bonds. The fourth-order valence-electron chi connectivity index (χ4n) is 2.80. The van der Waals surface area contributed by atoms with Crippen molar-refractivity contribution in [1.29, 1.82) is 0 Å². The van der Waals surface area contributed by atoms with Crippen molar-refractivity contribution in [3.63, 3.8) is 0 Å². The van der Waals surface area contributed by atoms with Gasteiger partial charge in [-0.15, -0.1) is 11.3 Å². The van der Waals surface area contributed by atoms with Crippen LogP contribution in [0.3, 0.4) is 0 Å². The van der Waals surface area contributed by atoms with E-state index in [-0.39, 0.29) is 11.8 Å². The smallest absolute Gasteiger partial charge is 0.326 e. The zero-order valence-electron chi connectivity index (χ0n) is 12.8. The van der Waals surface area contributed by atoms with Crippen LogP contribution in [0.25, 0.3) is 0 Å². The number of thiophene rings is 1. The van der Waals surface area contributed by atoms with Gasteiger partial charge in [-0.3, -0.25) is 4.79 Å². The molecule has 1 heterocycles. The molecule has 1 aliphatic rings. The largest absolute Gasteiger partial charge is 0.480 e. The monoisotopic (exact) mass is 309 g/mol. The van der Waals surface area contributed by atoms with Gasteiger partial charge in [0.25, 0.3) is 5.91 Å². The molecule has 0 saturated heterocycles. The van der Waals surface area contributed by atoms with Crippen molar-refractivity contribution in [1.82, 2.24) is 5.32 Å². The van der Waals surface area contributed by atoms with Crippen LogP contribution in [0.1, 0.15) is 54.4 Å². The van der Waals surface area contributed by atoms with E-state index in [1.807, 2.05) is 19.2 Å². The normalized spacial score (nSPS) is 19.1. The molecule has 21 heavy (non-hydrogen) atoms. The third-order valence-electron chi connectivity index (χ3n) is 3.96. The molecule has 5 heteroatoms. The number of fused-ring (bicyclic) bond motifs is 1. The molecule has 0 radical (unpaired) electrons. The van der Waals surface area contributed by atoms with Gasteiger partial charge in [-0.05, 0) is 43.1 Å². The Bertz CT molecular complexity index is 536. The van der Waals surface area contributed by atoms with Gasteiger partial charge in [-0.1, -0.05) is 20.8 Å². The molecule has 116 valence electrons. The van der Waals surface area contributed by atoms with Crippen LogP contribution in [0.15, 0.2) is 5.38 Å². The van der Waals surface area contributed by atoms with E-state index in [0.717, 1.165) is 24.8 Å². The van der Waals surface area contributed by atoms with Gasteiger partial charge in [0.15, 0.2) is 0 Å². The summed E-state index contributed by atoms with van der Waals surface area (Å²) >= 11 is 1.63. The Balaban J connectivity index is 2.11. The topological polar surface area (TPSA) is 66.4 Å². The third kappa shape index (κ3) is 3.84. The lowest BCUT2D eigenvalue weighted by molar-refractivity contribution is -0.139. The van der Waals surface area contributed by atoms with Crippen LogP contribution in [0.4, 0.5) is 0 Å². The van der Waals surface area contributed by atoms with Gasteiger partial charge in [0.1, 0.15) is 6.04 Å². The SMILES string of the molecule is CC(C)C[C@H](NC(=O)c1csc2c1CCC(C)C2)C(=O)O. The highest BCUT2D eigenvalue weighted by atomic mass is 32.1. The van der Waals surface area contributed by atoms with Crippen molar-refractivity contribution in [2.24, 2.45) is 11.8 Å². The zero-order valence-corrected chi connectivity index (χ0v) is 13.6. The maximum atomic E-state index is 12.4. The molecule has 0 saturated carbocycles. The fraction of sp³-hybridized carbons (Fsp3) is 0.625. The van der Waals surface area contributed by atoms with Crippen molar-refractivity contribution in [2.45, 2.75) is 52.5 Å². The molecular formula is C16H23NO3S. The van der Waals surface area contributed by atoms with Crippen LogP contribution in [0.5, 0.6) is 0 Å². The molecule has 1 unspecified atom stereocenters. The Morgan fingerprint density at radius 2 is 2.19 bits per heavy atom. The number of carbonyl (C=O) groups excluding carboxylic acids is 1. The van der Waals surface area contributed by atoms with Gasteiger partial charge in [0.2, 0.25) is 0 Å². The van der Waals surface area contributed by atoms with Crippen molar-refractivity contribution in [3.8, 4) is 0 Å². The highest BCUT2D eigenvalue weighted by molar-refractivity contribution is 7.10. The van der Waals surface area contributed by atoms with Crippen LogP contribution >= 0.6 is 11.3 Å². The summed E-state index contributed by atoms with van der Waals surface area (Å²) in [5.41, 5.74) is 1.81. The summed E-state index contributed by atoms with van der Waals surface area (Å²) in [4.78, 5) is 24.9. The Morgan fingerprint density at radius 3 is 2.81 bits per heavy atom. The second-order valence-corrected chi connectivity index (χ2v) is 7.36. The highest BCUT2D eigenvalue weighted by Gasteiger charge is 2.26. The quantitative estimate of drug-likeness (QED) is 0.878. The van der Waals surface area contributed by atoms with Crippen molar-refractivity contribution in [3.05, 3.63) is 21.4 Å². The first kappa shape index (κ1) is 16.0. The maximum Gasteiger partial charge on any atom is 0.326 e. The summed E-state index contributed by atoms with van der Waals surface area (Å²) in [6.07, 6.45) is 3.50. The molecule has 0 fully saturated rings. The van der Waals surface area contributed by atoms with E-state index in [4.69, 9.17) is 0 Å². The lowest BCUT2D eigenvalue weighted by Gasteiger charge is -2.20. The number of aliphatic carboxylic acids is 1. The predicted octanol–water partition coefficient (Wildman–Crippen LogP) is 3.10. The standard InChI is InChI=1S/C16H23NO3S/c1-9(2)6-13(16(19)20)17-15(18)12-8-21-14-7-10(3)4-5-11(12)14/h8-10,13H,4-7H2,1-3H3,(H,17,18)(H,19,20)/t10?,13-/m0/s1. The van der Waals surface area contributed by atoms with E-state index in [1.165, 1.54) is 4.88 Å². The molecule has 1 aromatic heterocycles. The van der Waals surface area contributed by atoms with Crippen LogP contribution < -0.4 is 5.32 Å². The number of nitrogens with one attached hydrogen (secondary N) is 1. The van der Waals surface area contributed by atoms with Crippen LogP contribution in [0, 0.1) is 11.8 Å². The maximum absolute atomic E-state index is 12.4. The van der Waals surface area contributed by atoms with Crippen LogP contribution in [-0.2, 0) is 17.6 Å². The van der Waals surface area contributed by atoms with E-state index in [9.17, 15) is 14.7 Å². The average Bonchev–Trinajstić information content (AvgIpc) is 2.80. The van der Waals surface area contributed by atoms with Gasteiger partial charge in [0, 0.05) is 10.3 Å². The molecule has 2 rings (SSSR count). The predicted molar refractivity (Wildman–Crippen MR) is 83.9 cm³/mol. The van der Waals surface area contributed by atoms with E-state index in [0.29, 0.717) is 17.9 Å². The second-order valence-electron chi connectivity index (χ2n) is 6.39. The van der Waals surface area contributed by atoms with Gasteiger partial charge in [-0.25, -0.2) is 4.79 Å². The first-order valence-corrected chi connectivity index (χ1v) is 8.39. The summed E-state index contributed by atoms with van der Waals surface area (Å²) in [5.74, 6) is -0.312. The number of carboxylic acids is 1. The Morgan fingerprint density at radius 1 is 1.48 bits per heavy atom. The highest BCUT2D eigenvalue weighted by Crippen LogP contribution is 2.32. The molecule has 2 atom stereocenters. The van der Waals surface area contributed by atoms with E-state index in [1.54, 1.807) is 11.3 Å². The van der Waals surface area contributed by atoms with Crippen LogP contribution in [0.2, 0.25) is 0 Å². The molecule has 2 N–H and O–H groups in total. The van der Waals surface area contributed by atoms with E-state index < -0.39 is 12.0 Å². The van der Waals surface area contributed by atoms with E-state index in [2.05, 4.69) is 12.2 Å². The minimum absolute atomic E-state index is 0.226. The molecule has 1 aromatic rings. The minimum atomic E-state index is -0.963. The van der Waals surface area contributed by atoms with Crippen molar-refractivity contribution < 1.29 is 14.7 Å². The first-order chi connectivity index (χ1) is 9.88. The van der Waals surface area contributed by atoms with E-state index >= 15 is 0 Å². The Hall–Kier alpha value is -1.36. The summed E-state index contributed by atoms with van der Waals surface area (Å²) in [6.45, 7) is 6.14. The number of hydrogen-bond donors (Lipinski definition) is 2. The second kappa shape index (κ2) is 6.60. The summed E-state index contributed by atoms with van der Waals surface area (Å²) in [6, 6.07) is -0.810. The number of carbonyl (C=O) groups is 2. The number of hydrogen-bond acceptors (Lipinski definition) is 3. The Labute approximate surface area is 129 Å². The average molecular weight is 309 g/mol. The lowest BCUT2D eigenvalue weighted by atomic mass is 9.88. The van der Waals surface area contributed by atoms with Gasteiger partial charge >= 0.3 is 5.97 Å². The molecule has 1 aliphatic carbocycles. The molecule has 0 aliphatic heterocycles. The molecular weight excluding hydrogens is 286 g/mol. The van der Waals surface area contributed by atoms with Gasteiger partial charge < -0.3 is 10.4 Å². The summed E-state index contributed by atoms with van der Waals surface area (Å²) in [7, 11) is 0. The number of amides is 1. The van der Waals surface area contributed by atoms with Crippen molar-refractivity contribution >= 4 is 23.2 Å². The van der Waals surface area contributed by atoms with Gasteiger partial charge in [-0.2, -0.15) is 0 Å². The Kier molecular flexibility index (Phi) is 5.04. The number of carboxylic acid groups (broad SMARTS) is 1. The first-order valence-electron chi connectivity index (χ1n) is 7.51. The van der Waals surface area contributed by atoms with Gasteiger partial charge in [0.05, 0.1) is 5.56 Å². The molecule has 4 nitrogen and oxygen atoms in total. The lowest BCUT2D eigenvalue weighted by Crippen LogP contribution is -2.41. The number of rotatable bonds is 5. The minimum Gasteiger partial charge on any atom is -0.480 e. The zero-order chi connectivity index (χ0) is 15.6. The fourth-order valence-corrected chi connectivity index (χ4v) is 4.04. The third-order valence-corrected chi connectivity index (χ3v) is 5.01. The molecule has 0 bridgehead atoms. The molecule has 0 aromatic carbocycles. The van der Waals surface area contributed by atoms with Crippen LogP contribution in [-0.4, -0.2) is 23.0 Å². The van der Waals surface area contributed by atoms with Crippen molar-refractivity contribution in [2.75, 3.05) is 0 Å². The summed E-state index contributed by atoms with van der Waals surface area (Å²) in [5, 5.41) is 13.8. The summed E-state index contributed by atoms with van der Waals surface area (Å²) < 4.78 is 0.